The largest absolute Gasteiger partial charge is 0.309 e. The third kappa shape index (κ3) is 2.93. The Kier molecular flexibility index (Phi) is 4.66. The highest BCUT2D eigenvalue weighted by Crippen LogP contribution is 2.36. The van der Waals surface area contributed by atoms with Gasteiger partial charge in [-0.3, -0.25) is 0 Å². The van der Waals surface area contributed by atoms with E-state index in [9.17, 15) is 0 Å². The van der Waals surface area contributed by atoms with Gasteiger partial charge in [0.05, 0.1) is 11.1 Å². The predicted octanol–water partition coefficient (Wildman–Crippen LogP) is 5.24. The molecule has 1 atom stereocenters. The number of hydrogen-bond donors (Lipinski definition) is 1. The first-order chi connectivity index (χ1) is 8.13. The van der Waals surface area contributed by atoms with Crippen LogP contribution in [0.4, 0.5) is 0 Å². The first kappa shape index (κ1) is 13.6. The van der Waals surface area contributed by atoms with E-state index in [0.29, 0.717) is 0 Å². The van der Waals surface area contributed by atoms with Gasteiger partial charge in [0.25, 0.3) is 0 Å². The minimum Gasteiger partial charge on any atom is -0.309 e. The van der Waals surface area contributed by atoms with Crippen LogP contribution in [0.3, 0.4) is 0 Å². The monoisotopic (exact) mass is 393 g/mol. The Labute approximate surface area is 126 Å². The lowest BCUT2D eigenvalue weighted by atomic mass is 10.1. The average molecular weight is 396 g/mol. The predicted molar refractivity (Wildman–Crippen MR) is 82.1 cm³/mol. The van der Waals surface area contributed by atoms with Crippen molar-refractivity contribution in [1.82, 2.24) is 5.32 Å². The van der Waals surface area contributed by atoms with E-state index in [-0.39, 0.29) is 6.04 Å². The molecule has 0 amide bonds. The molecule has 0 saturated heterocycles. The maximum absolute atomic E-state index is 6.19. The van der Waals surface area contributed by atoms with Gasteiger partial charge in [-0.15, -0.1) is 11.3 Å². The fraction of sp³-hybridized carbons (Fsp3) is 0.167. The van der Waals surface area contributed by atoms with E-state index in [1.165, 1.54) is 5.56 Å². The summed E-state index contributed by atoms with van der Waals surface area (Å²) in [5.74, 6) is 0. The van der Waals surface area contributed by atoms with Crippen LogP contribution in [-0.4, -0.2) is 7.05 Å². The smallest absolute Gasteiger partial charge is 0.0694 e. The number of hydrogen-bond acceptors (Lipinski definition) is 2. The third-order valence-corrected chi connectivity index (χ3v) is 5.07. The van der Waals surface area contributed by atoms with Crippen LogP contribution in [0, 0.1) is 0 Å². The Balaban J connectivity index is 2.46. The molecule has 0 spiro atoms. The van der Waals surface area contributed by atoms with Crippen LogP contribution < -0.4 is 5.32 Å². The van der Waals surface area contributed by atoms with Crippen molar-refractivity contribution in [2.75, 3.05) is 7.05 Å². The van der Waals surface area contributed by atoms with Gasteiger partial charge in [-0.2, -0.15) is 0 Å². The van der Waals surface area contributed by atoms with E-state index in [1.807, 2.05) is 30.6 Å². The van der Waals surface area contributed by atoms with E-state index in [4.69, 9.17) is 11.6 Å². The van der Waals surface area contributed by atoms with Gasteiger partial charge in [0.2, 0.25) is 0 Å². The molecule has 0 radical (unpaired) electrons. The SMILES string of the molecule is CNC(c1ccc(Br)cc1Br)c1sccc1Cl. The maximum Gasteiger partial charge on any atom is 0.0694 e. The molecule has 2 aromatic rings. The van der Waals surface area contributed by atoms with Gasteiger partial charge in [0, 0.05) is 13.8 Å². The van der Waals surface area contributed by atoms with Crippen molar-refractivity contribution in [2.24, 2.45) is 0 Å². The second-order valence-corrected chi connectivity index (χ2v) is 6.65. The molecule has 1 nitrogen and oxygen atoms in total. The van der Waals surface area contributed by atoms with E-state index >= 15 is 0 Å². The average Bonchev–Trinajstić information content (AvgIpc) is 2.69. The Morgan fingerprint density at radius 1 is 1.29 bits per heavy atom. The van der Waals surface area contributed by atoms with Gasteiger partial charge >= 0.3 is 0 Å². The first-order valence-electron chi connectivity index (χ1n) is 4.98. The Bertz CT molecular complexity index is 527. The van der Waals surface area contributed by atoms with Crippen LogP contribution >= 0.6 is 54.8 Å². The summed E-state index contributed by atoms with van der Waals surface area (Å²) in [5.41, 5.74) is 1.18. The molecule has 17 heavy (non-hydrogen) atoms. The molecule has 1 N–H and O–H groups in total. The summed E-state index contributed by atoms with van der Waals surface area (Å²) in [6, 6.07) is 8.21. The van der Waals surface area contributed by atoms with Crippen molar-refractivity contribution in [3.63, 3.8) is 0 Å². The molecule has 0 aliphatic rings. The highest BCUT2D eigenvalue weighted by atomic mass is 79.9. The number of benzene rings is 1. The summed E-state index contributed by atoms with van der Waals surface area (Å²) in [4.78, 5) is 1.14. The number of thiophene rings is 1. The van der Waals surface area contributed by atoms with E-state index in [2.05, 4.69) is 43.2 Å². The lowest BCUT2D eigenvalue weighted by Crippen LogP contribution is -2.17. The van der Waals surface area contributed by atoms with Crippen LogP contribution in [0.1, 0.15) is 16.5 Å². The topological polar surface area (TPSA) is 12.0 Å². The van der Waals surface area contributed by atoms with Crippen molar-refractivity contribution in [1.29, 1.82) is 0 Å². The minimum atomic E-state index is 0.116. The van der Waals surface area contributed by atoms with Gasteiger partial charge < -0.3 is 5.32 Å². The molecule has 0 aliphatic heterocycles. The standard InChI is InChI=1S/C12H10Br2ClNS/c1-16-11(12-10(15)4-5-17-12)8-3-2-7(13)6-9(8)14/h2-6,11,16H,1H3. The summed E-state index contributed by atoms with van der Waals surface area (Å²) >= 11 is 14.9. The molecular weight excluding hydrogens is 385 g/mol. The first-order valence-corrected chi connectivity index (χ1v) is 7.83. The molecule has 2 rings (SSSR count). The lowest BCUT2D eigenvalue weighted by molar-refractivity contribution is 0.701. The molecule has 1 heterocycles. The van der Waals surface area contributed by atoms with Crippen LogP contribution in [0.2, 0.25) is 5.02 Å². The summed E-state index contributed by atoms with van der Waals surface area (Å²) in [5, 5.41) is 6.12. The summed E-state index contributed by atoms with van der Waals surface area (Å²) < 4.78 is 2.12. The second kappa shape index (κ2) is 5.85. The Morgan fingerprint density at radius 2 is 2.06 bits per heavy atom. The molecule has 5 heteroatoms. The Hall–Kier alpha value is 0.130. The highest BCUT2D eigenvalue weighted by Gasteiger charge is 2.18. The summed E-state index contributed by atoms with van der Waals surface area (Å²) in [7, 11) is 1.94. The maximum atomic E-state index is 6.19. The minimum absolute atomic E-state index is 0.116. The highest BCUT2D eigenvalue weighted by molar-refractivity contribution is 9.11. The molecule has 1 aromatic carbocycles. The fourth-order valence-corrected chi connectivity index (χ4v) is 4.24. The quantitative estimate of drug-likeness (QED) is 0.750. The normalized spacial score (nSPS) is 12.7. The van der Waals surface area contributed by atoms with Gasteiger partial charge in [-0.25, -0.2) is 0 Å². The number of nitrogens with one attached hydrogen (secondary N) is 1. The molecule has 0 fully saturated rings. The van der Waals surface area contributed by atoms with Crippen molar-refractivity contribution in [2.45, 2.75) is 6.04 Å². The van der Waals surface area contributed by atoms with Crippen LogP contribution in [0.5, 0.6) is 0 Å². The Morgan fingerprint density at radius 3 is 2.59 bits per heavy atom. The molecule has 90 valence electrons. The number of halogens is 3. The van der Waals surface area contributed by atoms with Crippen molar-refractivity contribution >= 4 is 54.8 Å². The summed E-state index contributed by atoms with van der Waals surface area (Å²) in [6.45, 7) is 0. The zero-order valence-electron chi connectivity index (χ0n) is 9.01. The molecule has 1 unspecified atom stereocenters. The van der Waals surface area contributed by atoms with Crippen molar-refractivity contribution < 1.29 is 0 Å². The summed E-state index contributed by atoms with van der Waals surface area (Å²) in [6.07, 6.45) is 0. The number of rotatable bonds is 3. The van der Waals surface area contributed by atoms with Crippen LogP contribution in [0.15, 0.2) is 38.6 Å². The third-order valence-electron chi connectivity index (χ3n) is 2.47. The van der Waals surface area contributed by atoms with Gasteiger partial charge in [0.15, 0.2) is 0 Å². The zero-order chi connectivity index (χ0) is 12.4. The molecule has 0 bridgehead atoms. The molecule has 0 aliphatic carbocycles. The van der Waals surface area contributed by atoms with Gasteiger partial charge in [-0.1, -0.05) is 49.5 Å². The van der Waals surface area contributed by atoms with Crippen LogP contribution in [-0.2, 0) is 0 Å². The van der Waals surface area contributed by atoms with Crippen molar-refractivity contribution in [3.8, 4) is 0 Å². The molecule has 0 saturated carbocycles. The van der Waals surface area contributed by atoms with E-state index in [1.54, 1.807) is 11.3 Å². The second-order valence-electron chi connectivity index (χ2n) is 3.52. The fourth-order valence-electron chi connectivity index (χ4n) is 1.67. The van der Waals surface area contributed by atoms with Gasteiger partial charge in [0.1, 0.15) is 0 Å². The molecular formula is C12H10Br2ClNS. The van der Waals surface area contributed by atoms with Crippen molar-refractivity contribution in [3.05, 3.63) is 54.1 Å². The zero-order valence-corrected chi connectivity index (χ0v) is 13.8. The van der Waals surface area contributed by atoms with Crippen LogP contribution in [0.25, 0.3) is 0 Å². The lowest BCUT2D eigenvalue weighted by Gasteiger charge is -2.17. The van der Waals surface area contributed by atoms with E-state index in [0.717, 1.165) is 18.8 Å². The van der Waals surface area contributed by atoms with E-state index < -0.39 is 0 Å². The van der Waals surface area contributed by atoms with Gasteiger partial charge in [-0.05, 0) is 36.2 Å². The molecule has 1 aromatic heterocycles.